The average molecular weight is 393 g/mol. The number of carbonyl (C=O) groups is 2. The predicted octanol–water partition coefficient (Wildman–Crippen LogP) is 2.97. The maximum absolute atomic E-state index is 13.1. The molecule has 2 heterocycles. The van der Waals surface area contributed by atoms with E-state index in [0.717, 1.165) is 24.8 Å². The standard InChI is InChI=1S/C22H23N3O4/c26-21(17-15-6-7-16(12-15)18(17)22(27)28)25-10-8-14(9-11-25)20-24-23-19(29-20)13-4-2-1-3-5-13/h1-7,14-18H,8-12H2,(H,27,28). The topological polar surface area (TPSA) is 96.5 Å². The Labute approximate surface area is 168 Å². The zero-order chi connectivity index (χ0) is 20.0. The molecule has 0 spiro atoms. The fourth-order valence-corrected chi connectivity index (χ4v) is 5.15. The van der Waals surface area contributed by atoms with Crippen LogP contribution in [0.3, 0.4) is 0 Å². The van der Waals surface area contributed by atoms with Crippen LogP contribution in [0, 0.1) is 23.7 Å². The summed E-state index contributed by atoms with van der Waals surface area (Å²) in [6, 6.07) is 9.66. The zero-order valence-corrected chi connectivity index (χ0v) is 16.0. The molecule has 4 atom stereocenters. The highest BCUT2D eigenvalue weighted by Crippen LogP contribution is 2.49. The van der Waals surface area contributed by atoms with Gasteiger partial charge in [-0.15, -0.1) is 10.2 Å². The van der Waals surface area contributed by atoms with Crippen molar-refractivity contribution in [3.05, 3.63) is 48.4 Å². The van der Waals surface area contributed by atoms with E-state index in [1.54, 1.807) is 0 Å². The Morgan fingerprint density at radius 2 is 1.69 bits per heavy atom. The van der Waals surface area contributed by atoms with E-state index in [0.29, 0.717) is 24.9 Å². The molecule has 0 radical (unpaired) electrons. The lowest BCUT2D eigenvalue weighted by molar-refractivity contribution is -0.151. The molecule has 1 saturated heterocycles. The molecule has 1 aliphatic heterocycles. The molecular weight excluding hydrogens is 370 g/mol. The minimum atomic E-state index is -0.852. The van der Waals surface area contributed by atoms with Crippen molar-refractivity contribution < 1.29 is 19.1 Å². The summed E-state index contributed by atoms with van der Waals surface area (Å²) in [5.74, 6) is -0.558. The van der Waals surface area contributed by atoms with Crippen LogP contribution < -0.4 is 0 Å². The Morgan fingerprint density at radius 1 is 1.00 bits per heavy atom. The number of benzene rings is 1. The monoisotopic (exact) mass is 393 g/mol. The molecule has 1 aromatic heterocycles. The van der Waals surface area contributed by atoms with Crippen molar-refractivity contribution in [2.24, 2.45) is 23.7 Å². The number of piperidine rings is 1. The van der Waals surface area contributed by atoms with Gasteiger partial charge in [0.05, 0.1) is 11.8 Å². The zero-order valence-electron chi connectivity index (χ0n) is 16.0. The molecule has 7 nitrogen and oxygen atoms in total. The lowest BCUT2D eigenvalue weighted by Gasteiger charge is -2.35. The summed E-state index contributed by atoms with van der Waals surface area (Å²) in [4.78, 5) is 26.7. The van der Waals surface area contributed by atoms with Crippen LogP contribution in [0.2, 0.25) is 0 Å². The van der Waals surface area contributed by atoms with E-state index in [-0.39, 0.29) is 23.7 Å². The van der Waals surface area contributed by atoms with Crippen molar-refractivity contribution in [1.82, 2.24) is 15.1 Å². The number of fused-ring (bicyclic) bond motifs is 2. The molecular formula is C22H23N3O4. The van der Waals surface area contributed by atoms with Gasteiger partial charge in [0.2, 0.25) is 17.7 Å². The van der Waals surface area contributed by atoms with Crippen LogP contribution in [0.25, 0.3) is 11.5 Å². The highest BCUT2D eigenvalue weighted by molar-refractivity contribution is 5.87. The first-order valence-electron chi connectivity index (χ1n) is 10.2. The van der Waals surface area contributed by atoms with Crippen LogP contribution >= 0.6 is 0 Å². The molecule has 1 amide bonds. The molecule has 5 rings (SSSR count). The highest BCUT2D eigenvalue weighted by atomic mass is 16.4. The minimum Gasteiger partial charge on any atom is -0.481 e. The third kappa shape index (κ3) is 3.14. The first-order valence-corrected chi connectivity index (χ1v) is 10.2. The van der Waals surface area contributed by atoms with Gasteiger partial charge in [0.15, 0.2) is 0 Å². The van der Waals surface area contributed by atoms with Gasteiger partial charge in [-0.3, -0.25) is 9.59 Å². The third-order valence-corrected chi connectivity index (χ3v) is 6.65. The lowest BCUT2D eigenvalue weighted by atomic mass is 9.81. The SMILES string of the molecule is O=C(O)C1C2C=CC(C2)C1C(=O)N1CCC(c2nnc(-c3ccccc3)o2)CC1. The molecule has 1 saturated carbocycles. The molecule has 1 aromatic carbocycles. The number of hydrogen-bond donors (Lipinski definition) is 1. The van der Waals surface area contributed by atoms with E-state index in [4.69, 9.17) is 4.42 Å². The maximum Gasteiger partial charge on any atom is 0.307 e. The van der Waals surface area contributed by atoms with E-state index >= 15 is 0 Å². The highest BCUT2D eigenvalue weighted by Gasteiger charge is 2.52. The molecule has 3 aliphatic rings. The van der Waals surface area contributed by atoms with Gasteiger partial charge in [-0.2, -0.15) is 0 Å². The van der Waals surface area contributed by atoms with Gasteiger partial charge in [-0.25, -0.2) is 0 Å². The van der Waals surface area contributed by atoms with E-state index in [2.05, 4.69) is 10.2 Å². The second kappa shape index (κ2) is 7.13. The number of carboxylic acid groups (broad SMARTS) is 1. The second-order valence-corrected chi connectivity index (χ2v) is 8.25. The minimum absolute atomic E-state index is 0.00112. The Hall–Kier alpha value is -2.96. The largest absolute Gasteiger partial charge is 0.481 e. The molecule has 2 aliphatic carbocycles. The average Bonchev–Trinajstić information content (AvgIpc) is 3.49. The summed E-state index contributed by atoms with van der Waals surface area (Å²) in [5.41, 5.74) is 0.892. The van der Waals surface area contributed by atoms with Crippen LogP contribution in [-0.4, -0.2) is 45.2 Å². The molecule has 29 heavy (non-hydrogen) atoms. The molecule has 2 aromatic rings. The Bertz CT molecular complexity index is 946. The number of carbonyl (C=O) groups excluding carboxylic acids is 1. The summed E-state index contributed by atoms with van der Waals surface area (Å²) in [6.45, 7) is 1.19. The van der Waals surface area contributed by atoms with Gasteiger partial charge in [-0.05, 0) is 43.2 Å². The quantitative estimate of drug-likeness (QED) is 0.802. The van der Waals surface area contributed by atoms with Crippen molar-refractivity contribution >= 4 is 11.9 Å². The molecule has 4 unspecified atom stereocenters. The van der Waals surface area contributed by atoms with Crippen LogP contribution in [0.15, 0.2) is 46.9 Å². The fourth-order valence-electron chi connectivity index (χ4n) is 5.15. The number of hydrogen-bond acceptors (Lipinski definition) is 5. The first kappa shape index (κ1) is 18.1. The molecule has 7 heteroatoms. The number of likely N-dealkylation sites (tertiary alicyclic amines) is 1. The van der Waals surface area contributed by atoms with E-state index in [1.807, 2.05) is 47.4 Å². The van der Waals surface area contributed by atoms with Crippen LogP contribution in [0.1, 0.15) is 31.1 Å². The maximum atomic E-state index is 13.1. The van der Waals surface area contributed by atoms with Gasteiger partial charge in [0.25, 0.3) is 0 Å². The Balaban J connectivity index is 1.24. The van der Waals surface area contributed by atoms with Gasteiger partial charge >= 0.3 is 5.97 Å². The van der Waals surface area contributed by atoms with Crippen molar-refractivity contribution in [1.29, 1.82) is 0 Å². The molecule has 2 bridgehead atoms. The van der Waals surface area contributed by atoms with Gasteiger partial charge in [0, 0.05) is 24.6 Å². The first-order chi connectivity index (χ1) is 14.1. The lowest BCUT2D eigenvalue weighted by Crippen LogP contribution is -2.45. The normalized spacial score (nSPS) is 28.8. The Kier molecular flexibility index (Phi) is 4.45. The van der Waals surface area contributed by atoms with Crippen LogP contribution in [0.4, 0.5) is 0 Å². The predicted molar refractivity (Wildman–Crippen MR) is 104 cm³/mol. The summed E-state index contributed by atoms with van der Waals surface area (Å²) >= 11 is 0. The Morgan fingerprint density at radius 3 is 2.38 bits per heavy atom. The van der Waals surface area contributed by atoms with Crippen LogP contribution in [0.5, 0.6) is 0 Å². The van der Waals surface area contributed by atoms with Crippen molar-refractivity contribution in [2.75, 3.05) is 13.1 Å². The van der Waals surface area contributed by atoms with Gasteiger partial charge in [-0.1, -0.05) is 30.4 Å². The summed E-state index contributed by atoms with van der Waals surface area (Å²) in [7, 11) is 0. The van der Waals surface area contributed by atoms with Crippen molar-refractivity contribution in [2.45, 2.75) is 25.2 Å². The van der Waals surface area contributed by atoms with E-state index in [9.17, 15) is 14.7 Å². The smallest absolute Gasteiger partial charge is 0.307 e. The number of carboxylic acids is 1. The number of aliphatic carboxylic acids is 1. The molecule has 150 valence electrons. The third-order valence-electron chi connectivity index (χ3n) is 6.65. The summed E-state index contributed by atoms with van der Waals surface area (Å²) in [5, 5.41) is 18.0. The second-order valence-electron chi connectivity index (χ2n) is 8.25. The number of amides is 1. The number of rotatable bonds is 4. The van der Waals surface area contributed by atoms with Gasteiger partial charge in [0.1, 0.15) is 0 Å². The van der Waals surface area contributed by atoms with Crippen molar-refractivity contribution in [3.63, 3.8) is 0 Å². The fraction of sp³-hybridized carbons (Fsp3) is 0.455. The number of allylic oxidation sites excluding steroid dienone is 2. The number of nitrogens with zero attached hydrogens (tertiary/aromatic N) is 3. The molecule has 1 N–H and O–H groups in total. The summed E-state index contributed by atoms with van der Waals surface area (Å²) < 4.78 is 5.88. The number of aromatic nitrogens is 2. The molecule has 2 fully saturated rings. The summed E-state index contributed by atoms with van der Waals surface area (Å²) in [6.07, 6.45) is 6.28. The van der Waals surface area contributed by atoms with Gasteiger partial charge < -0.3 is 14.4 Å². The van der Waals surface area contributed by atoms with E-state index < -0.39 is 17.8 Å². The van der Waals surface area contributed by atoms with E-state index in [1.165, 1.54) is 0 Å². The van der Waals surface area contributed by atoms with Crippen LogP contribution in [-0.2, 0) is 9.59 Å². The van der Waals surface area contributed by atoms with Crippen molar-refractivity contribution in [3.8, 4) is 11.5 Å².